The molecule has 0 atom stereocenters. The first-order valence-electron chi connectivity index (χ1n) is 10.8. The lowest BCUT2D eigenvalue weighted by Crippen LogP contribution is -2.29. The molecule has 0 saturated carbocycles. The largest absolute Gasteiger partial charge is 0.465 e. The highest BCUT2D eigenvalue weighted by molar-refractivity contribution is 6.35. The maximum Gasteiger partial charge on any atom is 0.354 e. The molecule has 0 fully saturated rings. The topological polar surface area (TPSA) is 115 Å². The van der Waals surface area contributed by atoms with E-state index in [0.29, 0.717) is 27.1 Å². The zero-order chi connectivity index (χ0) is 25.8. The van der Waals surface area contributed by atoms with E-state index in [1.807, 2.05) is 30.3 Å². The molecule has 0 aliphatic heterocycles. The van der Waals surface area contributed by atoms with Crippen LogP contribution in [0.15, 0.2) is 71.5 Å². The van der Waals surface area contributed by atoms with Crippen LogP contribution < -0.4 is 10.7 Å². The lowest BCUT2D eigenvalue weighted by atomic mass is 9.99. The van der Waals surface area contributed by atoms with Crippen molar-refractivity contribution in [3.05, 3.63) is 104 Å². The Morgan fingerprint density at radius 1 is 0.861 bits per heavy atom. The first-order valence-corrected chi connectivity index (χ1v) is 11.2. The molecular weight excluding hydrogens is 484 g/mol. The van der Waals surface area contributed by atoms with E-state index in [-0.39, 0.29) is 23.4 Å². The molecule has 0 unspecified atom stereocenters. The van der Waals surface area contributed by atoms with Crippen molar-refractivity contribution in [3.63, 3.8) is 0 Å². The number of hydrogen-bond donors (Lipinski definition) is 2. The molecule has 2 N–H and O–H groups in total. The highest BCUT2D eigenvalue weighted by atomic mass is 35.5. The van der Waals surface area contributed by atoms with Crippen LogP contribution in [0.1, 0.15) is 36.8 Å². The van der Waals surface area contributed by atoms with E-state index < -0.39 is 23.3 Å². The number of methoxy groups -OCH3 is 2. The van der Waals surface area contributed by atoms with Gasteiger partial charge in [-0.3, -0.25) is 9.59 Å². The fourth-order valence-electron chi connectivity index (χ4n) is 3.85. The molecule has 1 amide bonds. The van der Waals surface area contributed by atoms with Gasteiger partial charge in [-0.2, -0.15) is 0 Å². The van der Waals surface area contributed by atoms with E-state index >= 15 is 0 Å². The van der Waals surface area contributed by atoms with Gasteiger partial charge in [-0.05, 0) is 42.0 Å². The summed E-state index contributed by atoms with van der Waals surface area (Å²) < 4.78 is 9.55. The fraction of sp³-hybridized carbons (Fsp3) is 0.111. The van der Waals surface area contributed by atoms with Crippen LogP contribution in [0.3, 0.4) is 0 Å². The molecule has 182 valence electrons. The molecule has 9 heteroatoms. The van der Waals surface area contributed by atoms with Crippen molar-refractivity contribution in [2.75, 3.05) is 14.2 Å². The minimum Gasteiger partial charge on any atom is -0.465 e. The Hall–Kier alpha value is -4.43. The number of carbonyl (C=O) groups is 3. The fourth-order valence-corrected chi connectivity index (χ4v) is 4.12. The third kappa shape index (κ3) is 4.71. The van der Waals surface area contributed by atoms with E-state index in [1.54, 1.807) is 12.1 Å². The van der Waals surface area contributed by atoms with Gasteiger partial charge in [-0.15, -0.1) is 0 Å². The molecule has 0 saturated heterocycles. The van der Waals surface area contributed by atoms with Crippen molar-refractivity contribution in [3.8, 4) is 11.1 Å². The molecule has 1 aromatic heterocycles. The number of aromatic amines is 1. The summed E-state index contributed by atoms with van der Waals surface area (Å²) in [6.45, 7) is -0.239. The van der Waals surface area contributed by atoms with Gasteiger partial charge < -0.3 is 19.8 Å². The number of rotatable bonds is 6. The highest BCUT2D eigenvalue weighted by Gasteiger charge is 2.22. The molecule has 0 bridgehead atoms. The molecular formula is C27H21ClN2O6. The second-order valence-corrected chi connectivity index (χ2v) is 8.17. The Kier molecular flexibility index (Phi) is 7.17. The molecule has 0 radical (unpaired) electrons. The minimum absolute atomic E-state index is 0.0372. The van der Waals surface area contributed by atoms with Gasteiger partial charge in [0.1, 0.15) is 5.69 Å². The number of halogens is 1. The molecule has 3 aromatic carbocycles. The van der Waals surface area contributed by atoms with Crippen LogP contribution in [-0.2, 0) is 16.0 Å². The summed E-state index contributed by atoms with van der Waals surface area (Å²) in [7, 11) is 2.46. The third-order valence-corrected chi connectivity index (χ3v) is 5.99. The van der Waals surface area contributed by atoms with Gasteiger partial charge in [0.2, 0.25) is 0 Å². The number of hydrogen-bond acceptors (Lipinski definition) is 6. The van der Waals surface area contributed by atoms with Gasteiger partial charge in [0.25, 0.3) is 5.91 Å². The van der Waals surface area contributed by atoms with Gasteiger partial charge in [-0.1, -0.05) is 41.9 Å². The van der Waals surface area contributed by atoms with Crippen LogP contribution >= 0.6 is 11.6 Å². The van der Waals surface area contributed by atoms with Gasteiger partial charge in [0.15, 0.2) is 5.43 Å². The number of ether oxygens (including phenoxy) is 2. The Morgan fingerprint density at radius 3 is 2.14 bits per heavy atom. The number of aromatic nitrogens is 1. The average Bonchev–Trinajstić information content (AvgIpc) is 2.91. The highest BCUT2D eigenvalue weighted by Crippen LogP contribution is 2.33. The summed E-state index contributed by atoms with van der Waals surface area (Å²) >= 11 is 6.48. The molecule has 36 heavy (non-hydrogen) atoms. The van der Waals surface area contributed by atoms with Crippen LogP contribution in [0.2, 0.25) is 5.02 Å². The average molecular weight is 505 g/mol. The predicted octanol–water partition coefficient (Wildman–Crippen LogP) is 4.35. The van der Waals surface area contributed by atoms with E-state index in [4.69, 9.17) is 16.3 Å². The SMILES string of the molecule is COC(=O)c1ccc(C(=O)NCc2c(C(=O)OC)[nH]c3c(-c4ccccc4)c(Cl)ccc3c2=O)cc1. The van der Waals surface area contributed by atoms with Gasteiger partial charge >= 0.3 is 11.9 Å². The smallest absolute Gasteiger partial charge is 0.354 e. The standard InChI is InChI=1S/C27H21ClN2O6/c1-35-26(33)17-10-8-16(9-11-17)25(32)29-14-19-23(27(34)36-2)30-22-18(24(19)31)12-13-20(28)21(22)15-6-4-3-5-7-15/h3-13H,14H2,1-2H3,(H,29,32)(H,30,31). The van der Waals surface area contributed by atoms with Crippen LogP contribution in [0.25, 0.3) is 22.0 Å². The minimum atomic E-state index is -0.764. The summed E-state index contributed by atoms with van der Waals surface area (Å²) in [5, 5.41) is 3.35. The molecule has 0 aliphatic rings. The van der Waals surface area contributed by atoms with Crippen molar-refractivity contribution in [1.82, 2.24) is 10.3 Å². The summed E-state index contributed by atoms with van der Waals surface area (Å²) in [5.74, 6) is -1.79. The van der Waals surface area contributed by atoms with Crippen LogP contribution in [0, 0.1) is 0 Å². The maximum absolute atomic E-state index is 13.5. The molecule has 4 aromatic rings. The first kappa shape index (κ1) is 24.7. The molecule has 0 aliphatic carbocycles. The van der Waals surface area contributed by atoms with Crippen molar-refractivity contribution in [2.24, 2.45) is 0 Å². The second kappa shape index (κ2) is 10.5. The molecule has 0 spiro atoms. The number of fused-ring (bicyclic) bond motifs is 1. The van der Waals surface area contributed by atoms with Crippen molar-refractivity contribution in [2.45, 2.75) is 6.54 Å². The summed E-state index contributed by atoms with van der Waals surface area (Å²) in [4.78, 5) is 53.4. The van der Waals surface area contributed by atoms with Crippen molar-refractivity contribution in [1.29, 1.82) is 0 Å². The number of esters is 2. The normalized spacial score (nSPS) is 10.6. The number of H-pyrrole nitrogens is 1. The maximum atomic E-state index is 13.5. The van der Waals surface area contributed by atoms with Gasteiger partial charge in [0, 0.05) is 23.1 Å². The van der Waals surface area contributed by atoms with Crippen LogP contribution in [0.5, 0.6) is 0 Å². The summed E-state index contributed by atoms with van der Waals surface area (Å²) in [5.41, 5.74) is 1.77. The number of carbonyl (C=O) groups excluding carboxylic acids is 3. The van der Waals surface area contributed by atoms with Crippen LogP contribution in [-0.4, -0.2) is 37.0 Å². The lowest BCUT2D eigenvalue weighted by molar-refractivity contribution is 0.0587. The van der Waals surface area contributed by atoms with Crippen molar-refractivity contribution >= 4 is 40.3 Å². The second-order valence-electron chi connectivity index (χ2n) is 7.76. The van der Waals surface area contributed by atoms with E-state index in [1.165, 1.54) is 38.5 Å². The summed E-state index contributed by atoms with van der Waals surface area (Å²) in [6, 6.07) is 18.2. The van der Waals surface area contributed by atoms with E-state index in [0.717, 1.165) is 5.56 Å². The lowest BCUT2D eigenvalue weighted by Gasteiger charge is -2.14. The number of pyridine rings is 1. The third-order valence-electron chi connectivity index (χ3n) is 5.67. The number of nitrogens with one attached hydrogen (secondary N) is 2. The predicted molar refractivity (Wildman–Crippen MR) is 135 cm³/mol. The van der Waals surface area contributed by atoms with Gasteiger partial charge in [-0.25, -0.2) is 9.59 Å². The number of amides is 1. The quantitative estimate of drug-likeness (QED) is 0.377. The van der Waals surface area contributed by atoms with Crippen molar-refractivity contribution < 1.29 is 23.9 Å². The molecule has 1 heterocycles. The first-order chi connectivity index (χ1) is 17.3. The van der Waals surface area contributed by atoms with Crippen LogP contribution in [0.4, 0.5) is 0 Å². The monoisotopic (exact) mass is 504 g/mol. The Bertz CT molecular complexity index is 1530. The van der Waals surface area contributed by atoms with Gasteiger partial charge in [0.05, 0.1) is 35.9 Å². The molecule has 4 rings (SSSR count). The summed E-state index contributed by atoms with van der Waals surface area (Å²) in [6.07, 6.45) is 0. The Morgan fingerprint density at radius 2 is 1.50 bits per heavy atom. The van der Waals surface area contributed by atoms with E-state index in [2.05, 4.69) is 15.0 Å². The molecule has 8 nitrogen and oxygen atoms in total. The Labute approximate surface area is 210 Å². The zero-order valence-electron chi connectivity index (χ0n) is 19.4. The number of benzene rings is 3. The van der Waals surface area contributed by atoms with E-state index in [9.17, 15) is 19.2 Å². The Balaban J connectivity index is 1.74. The zero-order valence-corrected chi connectivity index (χ0v) is 20.1.